The van der Waals surface area contributed by atoms with E-state index in [1.165, 1.54) is 6.07 Å². The normalized spacial score (nSPS) is 13.3. The maximum Gasteiger partial charge on any atom is 0.170 e. The molecule has 0 aliphatic heterocycles. The third-order valence-corrected chi connectivity index (χ3v) is 4.17. The molecule has 0 radical (unpaired) electrons. The Morgan fingerprint density at radius 2 is 1.59 bits per heavy atom. The van der Waals surface area contributed by atoms with Crippen LogP contribution in [0.2, 0.25) is 0 Å². The van der Waals surface area contributed by atoms with Crippen molar-refractivity contribution in [2.45, 2.75) is 26.7 Å². The molecule has 0 spiro atoms. The van der Waals surface area contributed by atoms with Crippen molar-refractivity contribution in [3.8, 4) is 11.1 Å². The van der Waals surface area contributed by atoms with Crippen molar-refractivity contribution in [2.24, 2.45) is 0 Å². The lowest BCUT2D eigenvalue weighted by atomic mass is 9.95. The van der Waals surface area contributed by atoms with E-state index >= 15 is 0 Å². The first-order valence-corrected chi connectivity index (χ1v) is 7.10. The van der Waals surface area contributed by atoms with E-state index in [9.17, 15) is 17.6 Å². The highest BCUT2D eigenvalue weighted by atomic mass is 19.2. The summed E-state index contributed by atoms with van der Waals surface area (Å²) in [6, 6.07) is 4.99. The lowest BCUT2D eigenvalue weighted by molar-refractivity contribution is 0.449. The fourth-order valence-corrected chi connectivity index (χ4v) is 2.86. The first-order chi connectivity index (χ1) is 10.5. The van der Waals surface area contributed by atoms with E-state index in [4.69, 9.17) is 0 Å². The number of fused-ring (bicyclic) bond motifs is 1. The Kier molecular flexibility index (Phi) is 3.55. The van der Waals surface area contributed by atoms with Crippen molar-refractivity contribution in [2.75, 3.05) is 0 Å². The molecule has 0 saturated heterocycles. The molecule has 0 unspecified atom stereocenters. The van der Waals surface area contributed by atoms with Crippen LogP contribution in [-0.4, -0.2) is 0 Å². The van der Waals surface area contributed by atoms with Gasteiger partial charge in [-0.3, -0.25) is 0 Å². The zero-order valence-corrected chi connectivity index (χ0v) is 12.2. The van der Waals surface area contributed by atoms with Crippen LogP contribution in [0.15, 0.2) is 23.8 Å². The van der Waals surface area contributed by atoms with Crippen LogP contribution in [-0.2, 0) is 6.42 Å². The van der Waals surface area contributed by atoms with E-state index in [1.807, 2.05) is 19.1 Å². The van der Waals surface area contributed by atoms with Crippen molar-refractivity contribution in [3.63, 3.8) is 0 Å². The zero-order chi connectivity index (χ0) is 16.0. The zero-order valence-electron chi connectivity index (χ0n) is 12.2. The van der Waals surface area contributed by atoms with Crippen LogP contribution in [0.4, 0.5) is 17.6 Å². The molecular weight excluding hydrogens is 292 g/mol. The van der Waals surface area contributed by atoms with Gasteiger partial charge >= 0.3 is 0 Å². The van der Waals surface area contributed by atoms with Gasteiger partial charge in [0.15, 0.2) is 23.3 Å². The molecule has 2 aromatic rings. The van der Waals surface area contributed by atoms with Gasteiger partial charge in [-0.25, -0.2) is 17.6 Å². The molecule has 0 bridgehead atoms. The van der Waals surface area contributed by atoms with Crippen LogP contribution < -0.4 is 0 Å². The minimum Gasteiger partial charge on any atom is -0.203 e. The van der Waals surface area contributed by atoms with Crippen molar-refractivity contribution in [1.29, 1.82) is 0 Å². The Hall–Kier alpha value is -2.10. The standard InChI is InChI=1S/C18H14F4/c1-3-10-7-11-5-4-6-12(13(11)8-10)14-17(21)15(19)9(2)16(20)18(14)22/h4-6,8H,3,7H2,1-2H3. The van der Waals surface area contributed by atoms with Crippen molar-refractivity contribution in [1.82, 2.24) is 0 Å². The minimum absolute atomic E-state index is 0.189. The third kappa shape index (κ3) is 2.05. The van der Waals surface area contributed by atoms with Gasteiger partial charge in [0, 0.05) is 5.56 Å². The number of allylic oxidation sites excluding steroid dienone is 1. The molecular formula is C18H14F4. The molecule has 4 heteroatoms. The van der Waals surface area contributed by atoms with Gasteiger partial charge in [-0.2, -0.15) is 0 Å². The van der Waals surface area contributed by atoms with Crippen molar-refractivity contribution >= 4 is 6.08 Å². The molecule has 0 N–H and O–H groups in total. The summed E-state index contributed by atoms with van der Waals surface area (Å²) in [5.41, 5.74) is 1.58. The van der Waals surface area contributed by atoms with E-state index in [1.54, 1.807) is 6.07 Å². The molecule has 0 aromatic heterocycles. The van der Waals surface area contributed by atoms with Gasteiger partial charge < -0.3 is 0 Å². The van der Waals surface area contributed by atoms with Crippen LogP contribution >= 0.6 is 0 Å². The Bertz CT molecular complexity index is 774. The molecule has 3 rings (SSSR count). The van der Waals surface area contributed by atoms with Gasteiger partial charge in [0.2, 0.25) is 0 Å². The topological polar surface area (TPSA) is 0 Å². The average molecular weight is 306 g/mol. The summed E-state index contributed by atoms with van der Waals surface area (Å²) in [6.07, 6.45) is 3.36. The van der Waals surface area contributed by atoms with Gasteiger partial charge in [-0.1, -0.05) is 36.8 Å². The highest BCUT2D eigenvalue weighted by Gasteiger charge is 2.26. The summed E-state index contributed by atoms with van der Waals surface area (Å²) < 4.78 is 56.1. The molecule has 114 valence electrons. The monoisotopic (exact) mass is 306 g/mol. The molecule has 0 heterocycles. The lowest BCUT2D eigenvalue weighted by Crippen LogP contribution is -2.04. The Balaban J connectivity index is 2.32. The van der Waals surface area contributed by atoms with Crippen LogP contribution in [0.3, 0.4) is 0 Å². The highest BCUT2D eigenvalue weighted by molar-refractivity contribution is 5.81. The second-order valence-corrected chi connectivity index (χ2v) is 5.47. The van der Waals surface area contributed by atoms with Gasteiger partial charge in [-0.05, 0) is 36.5 Å². The van der Waals surface area contributed by atoms with Crippen LogP contribution in [0.25, 0.3) is 17.2 Å². The summed E-state index contributed by atoms with van der Waals surface area (Å²) in [7, 11) is 0. The number of hydrogen-bond donors (Lipinski definition) is 0. The van der Waals surface area contributed by atoms with Gasteiger partial charge in [0.1, 0.15) is 0 Å². The average Bonchev–Trinajstić information content (AvgIpc) is 2.95. The molecule has 0 nitrogen and oxygen atoms in total. The molecule has 0 saturated carbocycles. The number of rotatable bonds is 2. The summed E-state index contributed by atoms with van der Waals surface area (Å²) >= 11 is 0. The molecule has 1 aliphatic carbocycles. The van der Waals surface area contributed by atoms with E-state index in [-0.39, 0.29) is 5.56 Å². The first-order valence-electron chi connectivity index (χ1n) is 7.10. The lowest BCUT2D eigenvalue weighted by Gasteiger charge is -2.13. The summed E-state index contributed by atoms with van der Waals surface area (Å²) in [5, 5.41) is 0. The third-order valence-electron chi connectivity index (χ3n) is 4.17. The number of benzene rings is 2. The first kappa shape index (κ1) is 14.8. The molecule has 0 atom stereocenters. The van der Waals surface area contributed by atoms with Gasteiger partial charge in [0.05, 0.1) is 5.56 Å². The maximum absolute atomic E-state index is 14.2. The Labute approximate surface area is 126 Å². The largest absolute Gasteiger partial charge is 0.203 e. The van der Waals surface area contributed by atoms with Crippen LogP contribution in [0, 0.1) is 30.2 Å². The van der Waals surface area contributed by atoms with E-state index in [2.05, 4.69) is 0 Å². The Morgan fingerprint density at radius 3 is 2.18 bits per heavy atom. The van der Waals surface area contributed by atoms with Crippen LogP contribution in [0.1, 0.15) is 30.0 Å². The van der Waals surface area contributed by atoms with E-state index < -0.39 is 34.4 Å². The SMILES string of the molecule is CCC1=Cc2c(cccc2-c2c(F)c(F)c(C)c(F)c2F)C1. The molecule has 22 heavy (non-hydrogen) atoms. The number of halogens is 4. The van der Waals surface area contributed by atoms with E-state index in [0.29, 0.717) is 12.0 Å². The van der Waals surface area contributed by atoms with Crippen molar-refractivity contribution < 1.29 is 17.6 Å². The van der Waals surface area contributed by atoms with Crippen LogP contribution in [0.5, 0.6) is 0 Å². The summed E-state index contributed by atoms with van der Waals surface area (Å²) in [4.78, 5) is 0. The highest BCUT2D eigenvalue weighted by Crippen LogP contribution is 2.39. The summed E-state index contributed by atoms with van der Waals surface area (Å²) in [5.74, 6) is -5.38. The second kappa shape index (κ2) is 5.27. The quantitative estimate of drug-likeness (QED) is 0.503. The fourth-order valence-electron chi connectivity index (χ4n) is 2.86. The molecule has 2 aromatic carbocycles. The minimum atomic E-state index is -1.34. The number of hydrogen-bond acceptors (Lipinski definition) is 0. The predicted octanol–water partition coefficient (Wildman–Crippen LogP) is 5.57. The van der Waals surface area contributed by atoms with E-state index in [0.717, 1.165) is 24.5 Å². The fraction of sp³-hybridized carbons (Fsp3) is 0.222. The van der Waals surface area contributed by atoms with Crippen molar-refractivity contribution in [3.05, 3.63) is 63.7 Å². The Morgan fingerprint density at radius 1 is 0.955 bits per heavy atom. The maximum atomic E-state index is 14.2. The van der Waals surface area contributed by atoms with Gasteiger partial charge in [0.25, 0.3) is 0 Å². The molecule has 0 amide bonds. The summed E-state index contributed by atoms with van der Waals surface area (Å²) in [6.45, 7) is 3.01. The molecule has 1 aliphatic rings. The second-order valence-electron chi connectivity index (χ2n) is 5.47. The predicted molar refractivity (Wildman–Crippen MR) is 78.4 cm³/mol. The smallest absolute Gasteiger partial charge is 0.170 e. The molecule has 0 fully saturated rings. The van der Waals surface area contributed by atoms with Gasteiger partial charge in [-0.15, -0.1) is 0 Å².